The first-order chi connectivity index (χ1) is 14.0. The van der Waals surface area contributed by atoms with Crippen molar-refractivity contribution in [1.29, 1.82) is 0 Å². The quantitative estimate of drug-likeness (QED) is 0.558. The van der Waals surface area contributed by atoms with Gasteiger partial charge in [-0.05, 0) is 61.7 Å². The smallest absolute Gasteiger partial charge is 0.317 e. The summed E-state index contributed by atoms with van der Waals surface area (Å²) in [6.45, 7) is 1.66. The van der Waals surface area contributed by atoms with E-state index in [0.717, 1.165) is 18.4 Å². The minimum Gasteiger partial charge on any atom is -0.452 e. The van der Waals surface area contributed by atoms with E-state index in [1.165, 1.54) is 36.4 Å². The second kappa shape index (κ2) is 7.73. The van der Waals surface area contributed by atoms with E-state index < -0.39 is 11.5 Å². The van der Waals surface area contributed by atoms with Crippen LogP contribution in [0.1, 0.15) is 50.2 Å². The lowest BCUT2D eigenvalue weighted by Gasteiger charge is -2.28. The molecule has 0 saturated heterocycles. The van der Waals surface area contributed by atoms with Gasteiger partial charge >= 0.3 is 5.97 Å². The largest absolute Gasteiger partial charge is 0.452 e. The van der Waals surface area contributed by atoms with Crippen LogP contribution in [0, 0.1) is 11.6 Å². The van der Waals surface area contributed by atoms with Crippen LogP contribution in [0.15, 0.2) is 52.9 Å². The third-order valence-corrected chi connectivity index (χ3v) is 5.41. The molecule has 7 heteroatoms. The maximum absolute atomic E-state index is 13.3. The Bertz CT molecular complexity index is 994. The molecule has 29 heavy (non-hydrogen) atoms. The zero-order valence-corrected chi connectivity index (χ0v) is 15.9. The lowest BCUT2D eigenvalue weighted by molar-refractivity contribution is -0.156. The second-order valence-electron chi connectivity index (χ2n) is 7.30. The zero-order chi connectivity index (χ0) is 20.4. The van der Waals surface area contributed by atoms with Gasteiger partial charge in [-0.25, -0.2) is 8.78 Å². The van der Waals surface area contributed by atoms with Gasteiger partial charge in [0.2, 0.25) is 5.89 Å². The summed E-state index contributed by atoms with van der Waals surface area (Å²) < 4.78 is 37.7. The zero-order valence-electron chi connectivity index (χ0n) is 15.9. The predicted octanol–water partition coefficient (Wildman–Crippen LogP) is 5.13. The third-order valence-electron chi connectivity index (χ3n) is 5.41. The molecule has 2 aromatic carbocycles. The van der Waals surface area contributed by atoms with E-state index in [1.54, 1.807) is 19.1 Å². The normalized spacial score (nSPS) is 16.5. The van der Waals surface area contributed by atoms with Gasteiger partial charge < -0.3 is 9.15 Å². The molecule has 1 atom stereocenters. The summed E-state index contributed by atoms with van der Waals surface area (Å²) in [6, 6.07) is 11.7. The van der Waals surface area contributed by atoms with E-state index in [9.17, 15) is 13.6 Å². The molecule has 1 aromatic heterocycles. The molecule has 0 spiro atoms. The Balaban J connectivity index is 1.52. The molecule has 150 valence electrons. The summed E-state index contributed by atoms with van der Waals surface area (Å²) in [7, 11) is 0. The number of benzene rings is 2. The van der Waals surface area contributed by atoms with Crippen molar-refractivity contribution in [1.82, 2.24) is 10.2 Å². The monoisotopic (exact) mass is 398 g/mol. The first kappa shape index (κ1) is 19.2. The number of carbonyl (C=O) groups is 1. The van der Waals surface area contributed by atoms with Gasteiger partial charge in [-0.15, -0.1) is 10.2 Å². The van der Waals surface area contributed by atoms with Gasteiger partial charge in [0.1, 0.15) is 11.6 Å². The Morgan fingerprint density at radius 3 is 2.21 bits per heavy atom. The minimum absolute atomic E-state index is 0.157. The molecular formula is C22H20F2N2O3. The van der Waals surface area contributed by atoms with Crippen LogP contribution in [-0.2, 0) is 14.9 Å². The van der Waals surface area contributed by atoms with Crippen LogP contribution in [0.4, 0.5) is 8.78 Å². The topological polar surface area (TPSA) is 65.2 Å². The maximum atomic E-state index is 13.3. The molecule has 5 nitrogen and oxygen atoms in total. The number of halogens is 2. The van der Waals surface area contributed by atoms with Crippen molar-refractivity contribution in [2.45, 2.75) is 44.1 Å². The highest BCUT2D eigenvalue weighted by Crippen LogP contribution is 2.43. The summed E-state index contributed by atoms with van der Waals surface area (Å²) in [5.74, 6) is -0.709. The van der Waals surface area contributed by atoms with Crippen molar-refractivity contribution in [3.63, 3.8) is 0 Å². The lowest BCUT2D eigenvalue weighted by atomic mass is 9.79. The van der Waals surface area contributed by atoms with E-state index in [2.05, 4.69) is 10.2 Å². The SMILES string of the molecule is C[C@H](OC(=O)C1(c2ccc(F)cc2)CCCC1)c1nnc(-c2ccc(F)cc2)o1. The van der Waals surface area contributed by atoms with Gasteiger partial charge in [-0.1, -0.05) is 25.0 Å². The van der Waals surface area contributed by atoms with E-state index in [1.807, 2.05) is 0 Å². The molecule has 0 N–H and O–H groups in total. The van der Waals surface area contributed by atoms with Crippen LogP contribution in [-0.4, -0.2) is 16.2 Å². The van der Waals surface area contributed by atoms with E-state index in [0.29, 0.717) is 18.4 Å². The second-order valence-corrected chi connectivity index (χ2v) is 7.30. The molecule has 4 rings (SSSR count). The van der Waals surface area contributed by atoms with E-state index in [-0.39, 0.29) is 29.4 Å². The van der Waals surface area contributed by atoms with Gasteiger partial charge in [0, 0.05) is 5.56 Å². The number of ether oxygens (including phenoxy) is 1. The highest BCUT2D eigenvalue weighted by molar-refractivity contribution is 5.83. The highest BCUT2D eigenvalue weighted by Gasteiger charge is 2.45. The highest BCUT2D eigenvalue weighted by atomic mass is 19.1. The van der Waals surface area contributed by atoms with Crippen molar-refractivity contribution in [2.75, 3.05) is 0 Å². The molecule has 3 aromatic rings. The number of esters is 1. The molecule has 0 unspecified atom stereocenters. The molecular weight excluding hydrogens is 378 g/mol. The summed E-state index contributed by atoms with van der Waals surface area (Å²) in [5.41, 5.74) is 0.537. The summed E-state index contributed by atoms with van der Waals surface area (Å²) in [6.07, 6.45) is 2.35. The Morgan fingerprint density at radius 1 is 1.00 bits per heavy atom. The van der Waals surface area contributed by atoms with Gasteiger partial charge in [-0.2, -0.15) is 0 Å². The van der Waals surface area contributed by atoms with Crippen molar-refractivity contribution in [3.8, 4) is 11.5 Å². The molecule has 1 aliphatic rings. The first-order valence-corrected chi connectivity index (χ1v) is 9.54. The predicted molar refractivity (Wildman–Crippen MR) is 101 cm³/mol. The molecule has 0 bridgehead atoms. The lowest BCUT2D eigenvalue weighted by Crippen LogP contribution is -2.35. The number of nitrogens with zero attached hydrogens (tertiary/aromatic N) is 2. The summed E-state index contributed by atoms with van der Waals surface area (Å²) in [4.78, 5) is 13.1. The van der Waals surface area contributed by atoms with Crippen LogP contribution < -0.4 is 0 Å². The van der Waals surface area contributed by atoms with Crippen LogP contribution in [0.2, 0.25) is 0 Å². The number of hydrogen-bond donors (Lipinski definition) is 0. The van der Waals surface area contributed by atoms with E-state index >= 15 is 0 Å². The molecule has 1 saturated carbocycles. The Labute approximate surface area is 166 Å². The maximum Gasteiger partial charge on any atom is 0.317 e. The van der Waals surface area contributed by atoms with Crippen molar-refractivity contribution >= 4 is 5.97 Å². The Kier molecular flexibility index (Phi) is 5.13. The fraction of sp³-hybridized carbons (Fsp3) is 0.318. The van der Waals surface area contributed by atoms with Crippen LogP contribution >= 0.6 is 0 Å². The number of carbonyl (C=O) groups excluding carboxylic acids is 1. The molecule has 1 fully saturated rings. The molecule has 1 heterocycles. The van der Waals surface area contributed by atoms with E-state index in [4.69, 9.17) is 9.15 Å². The third kappa shape index (κ3) is 3.77. The van der Waals surface area contributed by atoms with Crippen molar-refractivity contribution < 1.29 is 22.7 Å². The van der Waals surface area contributed by atoms with Crippen molar-refractivity contribution in [2.24, 2.45) is 0 Å². The molecule has 0 aliphatic heterocycles. The fourth-order valence-electron chi connectivity index (χ4n) is 3.79. The van der Waals surface area contributed by atoms with Gasteiger partial charge in [0.15, 0.2) is 6.10 Å². The Hall–Kier alpha value is -3.09. The average Bonchev–Trinajstić information content (AvgIpc) is 3.40. The summed E-state index contributed by atoms with van der Waals surface area (Å²) >= 11 is 0. The van der Waals surface area contributed by atoms with Crippen LogP contribution in [0.5, 0.6) is 0 Å². The Morgan fingerprint density at radius 2 is 1.59 bits per heavy atom. The molecule has 0 radical (unpaired) electrons. The molecule has 0 amide bonds. The fourth-order valence-corrected chi connectivity index (χ4v) is 3.79. The average molecular weight is 398 g/mol. The number of rotatable bonds is 5. The molecule has 1 aliphatic carbocycles. The van der Waals surface area contributed by atoms with Crippen LogP contribution in [0.3, 0.4) is 0 Å². The number of hydrogen-bond acceptors (Lipinski definition) is 5. The van der Waals surface area contributed by atoms with Gasteiger partial charge in [0.25, 0.3) is 5.89 Å². The van der Waals surface area contributed by atoms with Crippen LogP contribution in [0.25, 0.3) is 11.5 Å². The number of aromatic nitrogens is 2. The summed E-state index contributed by atoms with van der Waals surface area (Å²) in [5, 5.41) is 7.92. The van der Waals surface area contributed by atoms with Crippen molar-refractivity contribution in [3.05, 3.63) is 71.6 Å². The first-order valence-electron chi connectivity index (χ1n) is 9.54. The standard InChI is InChI=1S/C22H20F2N2O3/c1-14(19-25-26-20(29-19)15-4-8-17(23)9-5-15)28-21(27)22(12-2-3-13-22)16-6-10-18(24)11-7-16/h4-11,14H,2-3,12-13H2,1H3/t14-/m0/s1. The van der Waals surface area contributed by atoms with Gasteiger partial charge in [-0.3, -0.25) is 4.79 Å². The minimum atomic E-state index is -0.790. The van der Waals surface area contributed by atoms with Gasteiger partial charge in [0.05, 0.1) is 5.41 Å².